The number of aromatic nitrogens is 3. The minimum absolute atomic E-state index is 0.721. The van der Waals surface area contributed by atoms with Crippen molar-refractivity contribution in [2.45, 2.75) is 25.7 Å². The zero-order valence-corrected chi connectivity index (χ0v) is 11.2. The van der Waals surface area contributed by atoms with E-state index in [9.17, 15) is 0 Å². The number of anilines is 1. The predicted octanol–water partition coefficient (Wildman–Crippen LogP) is 3.09. The lowest BCUT2D eigenvalue weighted by Crippen LogP contribution is -2.03. The summed E-state index contributed by atoms with van der Waals surface area (Å²) in [4.78, 5) is 4.41. The summed E-state index contributed by atoms with van der Waals surface area (Å²) in [6.45, 7) is 0.967. The molecule has 0 saturated heterocycles. The van der Waals surface area contributed by atoms with E-state index in [2.05, 4.69) is 31.3 Å². The van der Waals surface area contributed by atoms with E-state index in [1.165, 1.54) is 25.7 Å². The highest BCUT2D eigenvalue weighted by molar-refractivity contribution is 9.10. The van der Waals surface area contributed by atoms with Gasteiger partial charge in [-0.3, -0.25) is 0 Å². The normalized spacial score (nSPS) is 15.4. The first kappa shape index (κ1) is 11.0. The Hall–Kier alpha value is -1.10. The van der Waals surface area contributed by atoms with Crippen LogP contribution in [0.4, 0.5) is 5.95 Å². The Balaban J connectivity index is 1.60. The highest BCUT2D eigenvalue weighted by Crippen LogP contribution is 2.33. The third kappa shape index (κ3) is 2.77. The lowest BCUT2D eigenvalue weighted by atomic mass is 10.2. The second-order valence-corrected chi connectivity index (χ2v) is 5.51. The van der Waals surface area contributed by atoms with Crippen molar-refractivity contribution in [3.8, 4) is 0 Å². The maximum atomic E-state index is 4.41. The molecular formula is C12H15BrN4. The molecular weight excluding hydrogens is 280 g/mol. The molecule has 1 saturated carbocycles. The Labute approximate surface area is 109 Å². The van der Waals surface area contributed by atoms with Crippen LogP contribution in [0, 0.1) is 5.92 Å². The molecule has 0 aromatic carbocycles. The van der Waals surface area contributed by atoms with Crippen LogP contribution in [-0.2, 0) is 0 Å². The summed E-state index contributed by atoms with van der Waals surface area (Å²) < 4.78 is 2.79. The molecule has 0 amide bonds. The van der Waals surface area contributed by atoms with Gasteiger partial charge in [-0.05, 0) is 46.8 Å². The summed E-state index contributed by atoms with van der Waals surface area (Å²) in [7, 11) is 0. The van der Waals surface area contributed by atoms with Gasteiger partial charge in [-0.25, -0.2) is 4.52 Å². The summed E-state index contributed by atoms with van der Waals surface area (Å²) >= 11 is 3.42. The number of rotatable bonds is 5. The van der Waals surface area contributed by atoms with Crippen LogP contribution in [0.3, 0.4) is 0 Å². The number of nitrogens with zero attached hydrogens (tertiary/aromatic N) is 3. The van der Waals surface area contributed by atoms with Gasteiger partial charge in [0, 0.05) is 17.2 Å². The van der Waals surface area contributed by atoms with Crippen molar-refractivity contribution >= 4 is 27.5 Å². The molecule has 1 fully saturated rings. The molecule has 5 heteroatoms. The van der Waals surface area contributed by atoms with Crippen LogP contribution in [0.5, 0.6) is 0 Å². The molecule has 4 nitrogen and oxygen atoms in total. The minimum Gasteiger partial charge on any atom is -0.353 e. The maximum Gasteiger partial charge on any atom is 0.243 e. The first-order valence-corrected chi connectivity index (χ1v) is 6.86. The van der Waals surface area contributed by atoms with Crippen LogP contribution in [0.1, 0.15) is 25.7 Å². The van der Waals surface area contributed by atoms with Gasteiger partial charge in [0.1, 0.15) is 0 Å². The molecule has 17 heavy (non-hydrogen) atoms. The van der Waals surface area contributed by atoms with Crippen molar-refractivity contribution in [2.24, 2.45) is 5.92 Å². The van der Waals surface area contributed by atoms with Crippen LogP contribution >= 0.6 is 15.9 Å². The molecule has 90 valence electrons. The van der Waals surface area contributed by atoms with Crippen molar-refractivity contribution in [1.29, 1.82) is 0 Å². The average molecular weight is 295 g/mol. The number of pyridine rings is 1. The highest BCUT2D eigenvalue weighted by atomic mass is 79.9. The van der Waals surface area contributed by atoms with Gasteiger partial charge >= 0.3 is 0 Å². The molecule has 0 atom stereocenters. The van der Waals surface area contributed by atoms with E-state index in [0.717, 1.165) is 28.5 Å². The minimum atomic E-state index is 0.721. The zero-order chi connectivity index (χ0) is 11.7. The lowest BCUT2D eigenvalue weighted by molar-refractivity contribution is 0.685. The number of hydrogen-bond acceptors (Lipinski definition) is 3. The molecule has 2 aromatic heterocycles. The van der Waals surface area contributed by atoms with E-state index in [1.54, 1.807) is 4.52 Å². The van der Waals surface area contributed by atoms with Gasteiger partial charge in [0.05, 0.1) is 0 Å². The average Bonchev–Trinajstić information content (AvgIpc) is 3.04. The van der Waals surface area contributed by atoms with E-state index in [-0.39, 0.29) is 0 Å². The Kier molecular flexibility index (Phi) is 3.01. The Morgan fingerprint density at radius 3 is 3.12 bits per heavy atom. The van der Waals surface area contributed by atoms with Crippen LogP contribution < -0.4 is 5.32 Å². The van der Waals surface area contributed by atoms with E-state index in [0.29, 0.717) is 0 Å². The number of halogens is 1. The summed E-state index contributed by atoms with van der Waals surface area (Å²) in [5.41, 5.74) is 0.873. The highest BCUT2D eigenvalue weighted by Gasteiger charge is 2.19. The molecule has 3 rings (SSSR count). The molecule has 0 unspecified atom stereocenters. The van der Waals surface area contributed by atoms with Gasteiger partial charge < -0.3 is 5.32 Å². The largest absolute Gasteiger partial charge is 0.353 e. The van der Waals surface area contributed by atoms with Crippen molar-refractivity contribution < 1.29 is 0 Å². The topological polar surface area (TPSA) is 42.2 Å². The standard InChI is InChI=1S/C12H15BrN4/c13-10-5-6-11-15-12(16-17(11)8-10)14-7-1-2-9-3-4-9/h5-6,8-9H,1-4,7H2,(H,14,16). The summed E-state index contributed by atoms with van der Waals surface area (Å²) in [6.07, 6.45) is 7.33. The van der Waals surface area contributed by atoms with Crippen LogP contribution in [0.2, 0.25) is 0 Å². The van der Waals surface area contributed by atoms with Gasteiger partial charge in [0.2, 0.25) is 5.95 Å². The fourth-order valence-corrected chi connectivity index (χ4v) is 2.26. The number of nitrogens with one attached hydrogen (secondary N) is 1. The molecule has 0 spiro atoms. The van der Waals surface area contributed by atoms with Crippen LogP contribution in [0.15, 0.2) is 22.8 Å². The molecule has 2 heterocycles. The predicted molar refractivity (Wildman–Crippen MR) is 71.1 cm³/mol. The summed E-state index contributed by atoms with van der Waals surface area (Å²) in [6, 6.07) is 3.92. The Morgan fingerprint density at radius 2 is 2.29 bits per heavy atom. The monoisotopic (exact) mass is 294 g/mol. The second-order valence-electron chi connectivity index (χ2n) is 4.60. The van der Waals surface area contributed by atoms with E-state index < -0.39 is 0 Å². The molecule has 1 aliphatic carbocycles. The SMILES string of the molecule is Brc1ccc2nc(NCCCC3CC3)nn2c1. The van der Waals surface area contributed by atoms with Crippen LogP contribution in [-0.4, -0.2) is 21.1 Å². The van der Waals surface area contributed by atoms with Crippen molar-refractivity contribution in [3.05, 3.63) is 22.8 Å². The number of hydrogen-bond donors (Lipinski definition) is 1. The first-order chi connectivity index (χ1) is 8.31. The van der Waals surface area contributed by atoms with Gasteiger partial charge in [-0.15, -0.1) is 5.10 Å². The molecule has 2 aromatic rings. The van der Waals surface area contributed by atoms with Gasteiger partial charge in [0.15, 0.2) is 5.65 Å². The van der Waals surface area contributed by atoms with E-state index in [1.807, 2.05) is 18.3 Å². The Bertz CT molecular complexity index is 518. The molecule has 1 N–H and O–H groups in total. The molecule has 0 bridgehead atoms. The third-order valence-corrected chi connectivity index (χ3v) is 3.53. The fraction of sp³-hybridized carbons (Fsp3) is 0.500. The quantitative estimate of drug-likeness (QED) is 0.862. The third-order valence-electron chi connectivity index (χ3n) is 3.06. The van der Waals surface area contributed by atoms with Gasteiger partial charge in [-0.1, -0.05) is 12.8 Å². The van der Waals surface area contributed by atoms with Gasteiger partial charge in [-0.2, -0.15) is 4.98 Å². The fourth-order valence-electron chi connectivity index (χ4n) is 1.93. The van der Waals surface area contributed by atoms with E-state index in [4.69, 9.17) is 0 Å². The van der Waals surface area contributed by atoms with Crippen molar-refractivity contribution in [1.82, 2.24) is 14.6 Å². The first-order valence-electron chi connectivity index (χ1n) is 6.07. The molecule has 0 radical (unpaired) electrons. The van der Waals surface area contributed by atoms with Crippen molar-refractivity contribution in [2.75, 3.05) is 11.9 Å². The maximum absolute atomic E-state index is 4.41. The molecule has 0 aliphatic heterocycles. The zero-order valence-electron chi connectivity index (χ0n) is 9.56. The smallest absolute Gasteiger partial charge is 0.243 e. The lowest BCUT2D eigenvalue weighted by Gasteiger charge is -1.99. The summed E-state index contributed by atoms with van der Waals surface area (Å²) in [5.74, 6) is 1.72. The Morgan fingerprint density at radius 1 is 1.41 bits per heavy atom. The van der Waals surface area contributed by atoms with E-state index >= 15 is 0 Å². The summed E-state index contributed by atoms with van der Waals surface area (Å²) in [5, 5.41) is 7.65. The molecule has 1 aliphatic rings. The van der Waals surface area contributed by atoms with Crippen molar-refractivity contribution in [3.63, 3.8) is 0 Å². The van der Waals surface area contributed by atoms with Gasteiger partial charge in [0.25, 0.3) is 0 Å². The number of fused-ring (bicyclic) bond motifs is 1. The second kappa shape index (κ2) is 4.64. The van der Waals surface area contributed by atoms with Crippen LogP contribution in [0.25, 0.3) is 5.65 Å².